The summed E-state index contributed by atoms with van der Waals surface area (Å²) in [6.45, 7) is 4.24. The van der Waals surface area contributed by atoms with Crippen molar-refractivity contribution in [1.82, 2.24) is 14.9 Å². The molecule has 0 saturated heterocycles. The van der Waals surface area contributed by atoms with Gasteiger partial charge in [0.2, 0.25) is 0 Å². The first-order valence-corrected chi connectivity index (χ1v) is 11.0. The summed E-state index contributed by atoms with van der Waals surface area (Å²) in [5.41, 5.74) is 0.0383. The molecule has 0 atom stereocenters. The summed E-state index contributed by atoms with van der Waals surface area (Å²) in [7, 11) is -4.15. The SMILES string of the molecule is CC(C)CCn1c(=O)c(C2=NS(=O)(=O)C3=C(C=CN(O)C3)N2)c(O)c2ccccc21. The van der Waals surface area contributed by atoms with E-state index in [-0.39, 0.29) is 34.3 Å². The lowest BCUT2D eigenvalue weighted by molar-refractivity contribution is -0.0318. The maximum absolute atomic E-state index is 13.3. The minimum absolute atomic E-state index is 0.114. The number of nitrogens with one attached hydrogen (secondary N) is 1. The van der Waals surface area contributed by atoms with Crippen molar-refractivity contribution in [1.29, 1.82) is 0 Å². The van der Waals surface area contributed by atoms with Gasteiger partial charge >= 0.3 is 0 Å². The van der Waals surface area contributed by atoms with Gasteiger partial charge in [0, 0.05) is 18.1 Å². The third-order valence-corrected chi connectivity index (χ3v) is 6.50. The zero-order valence-electron chi connectivity index (χ0n) is 16.5. The van der Waals surface area contributed by atoms with Crippen LogP contribution in [-0.4, -0.2) is 40.7 Å². The van der Waals surface area contributed by atoms with Crippen LogP contribution in [0.5, 0.6) is 5.75 Å². The van der Waals surface area contributed by atoms with Gasteiger partial charge < -0.3 is 15.0 Å². The lowest BCUT2D eigenvalue weighted by atomic mass is 10.1. The number of allylic oxidation sites excluding steroid dienone is 1. The minimum Gasteiger partial charge on any atom is -0.506 e. The van der Waals surface area contributed by atoms with E-state index >= 15 is 0 Å². The number of sulfonamides is 1. The van der Waals surface area contributed by atoms with Crippen molar-refractivity contribution in [2.45, 2.75) is 26.8 Å². The van der Waals surface area contributed by atoms with Crippen LogP contribution in [-0.2, 0) is 16.6 Å². The van der Waals surface area contributed by atoms with Crippen LogP contribution in [0, 0.1) is 5.92 Å². The Labute approximate surface area is 173 Å². The third-order valence-electron chi connectivity index (χ3n) is 5.11. The second kappa shape index (κ2) is 7.29. The molecule has 2 aliphatic rings. The lowest BCUT2D eigenvalue weighted by Gasteiger charge is -2.26. The molecule has 158 valence electrons. The summed E-state index contributed by atoms with van der Waals surface area (Å²) in [5.74, 6) is -0.221. The third kappa shape index (κ3) is 3.37. The number of amidine groups is 1. The fourth-order valence-corrected chi connectivity index (χ4v) is 4.70. The van der Waals surface area contributed by atoms with E-state index in [1.165, 1.54) is 16.8 Å². The van der Waals surface area contributed by atoms with Crippen molar-refractivity contribution in [3.8, 4) is 5.75 Å². The second-order valence-electron chi connectivity index (χ2n) is 7.67. The quantitative estimate of drug-likeness (QED) is 0.676. The number of hydrogen-bond acceptors (Lipinski definition) is 7. The Bertz CT molecular complexity index is 1290. The number of aromatic hydroxyl groups is 1. The zero-order chi connectivity index (χ0) is 21.6. The number of para-hydroxylation sites is 1. The summed E-state index contributed by atoms with van der Waals surface area (Å²) >= 11 is 0. The van der Waals surface area contributed by atoms with E-state index in [4.69, 9.17) is 0 Å². The number of benzene rings is 1. The molecule has 0 saturated carbocycles. The Morgan fingerprint density at radius 1 is 1.27 bits per heavy atom. The van der Waals surface area contributed by atoms with Crippen LogP contribution in [0.4, 0.5) is 0 Å². The minimum atomic E-state index is -4.15. The molecule has 1 aromatic heterocycles. The van der Waals surface area contributed by atoms with Crippen molar-refractivity contribution < 1.29 is 18.7 Å². The average molecular weight is 430 g/mol. The second-order valence-corrected chi connectivity index (χ2v) is 9.30. The van der Waals surface area contributed by atoms with Crippen LogP contribution in [0.3, 0.4) is 0 Å². The number of hydrogen-bond donors (Lipinski definition) is 3. The maximum Gasteiger partial charge on any atom is 0.284 e. The summed E-state index contributed by atoms with van der Waals surface area (Å²) in [4.78, 5) is 13.2. The average Bonchev–Trinajstić information content (AvgIpc) is 2.68. The first-order valence-electron chi connectivity index (χ1n) is 9.53. The lowest BCUT2D eigenvalue weighted by Crippen LogP contribution is -2.40. The number of nitrogens with zero attached hydrogens (tertiary/aromatic N) is 3. The zero-order valence-corrected chi connectivity index (χ0v) is 17.3. The van der Waals surface area contributed by atoms with Gasteiger partial charge in [-0.25, -0.2) is 0 Å². The van der Waals surface area contributed by atoms with Crippen molar-refractivity contribution in [2.75, 3.05) is 6.54 Å². The molecule has 0 unspecified atom stereocenters. The largest absolute Gasteiger partial charge is 0.506 e. The first kappa shape index (κ1) is 20.2. The first-order chi connectivity index (χ1) is 14.2. The van der Waals surface area contributed by atoms with Crippen LogP contribution in [0.2, 0.25) is 0 Å². The van der Waals surface area contributed by atoms with Crippen molar-refractivity contribution in [2.24, 2.45) is 10.3 Å². The number of aromatic nitrogens is 1. The van der Waals surface area contributed by atoms with E-state index in [9.17, 15) is 23.5 Å². The number of rotatable bonds is 4. The summed E-state index contributed by atoms with van der Waals surface area (Å²) in [6, 6.07) is 6.93. The number of fused-ring (bicyclic) bond motifs is 1. The van der Waals surface area contributed by atoms with Crippen LogP contribution in [0.1, 0.15) is 25.8 Å². The number of aryl methyl sites for hydroxylation is 1. The van der Waals surface area contributed by atoms with E-state index in [2.05, 4.69) is 9.71 Å². The highest BCUT2D eigenvalue weighted by atomic mass is 32.2. The van der Waals surface area contributed by atoms with Gasteiger partial charge in [0.15, 0.2) is 5.84 Å². The monoisotopic (exact) mass is 430 g/mol. The van der Waals surface area contributed by atoms with Crippen molar-refractivity contribution in [3.63, 3.8) is 0 Å². The Morgan fingerprint density at radius 2 is 2.00 bits per heavy atom. The van der Waals surface area contributed by atoms with Crippen LogP contribution in [0.25, 0.3) is 10.9 Å². The molecule has 1 aromatic carbocycles. The highest BCUT2D eigenvalue weighted by Crippen LogP contribution is 2.30. The topological polar surface area (TPSA) is 124 Å². The molecule has 0 aliphatic carbocycles. The number of pyridine rings is 1. The van der Waals surface area contributed by atoms with Gasteiger partial charge in [0.1, 0.15) is 16.2 Å². The molecule has 30 heavy (non-hydrogen) atoms. The summed E-state index contributed by atoms with van der Waals surface area (Å²) < 4.78 is 30.6. The fourth-order valence-electron chi connectivity index (χ4n) is 3.52. The molecule has 0 bridgehead atoms. The van der Waals surface area contributed by atoms with Gasteiger partial charge in [-0.2, -0.15) is 8.42 Å². The normalized spacial score (nSPS) is 17.9. The van der Waals surface area contributed by atoms with Crippen LogP contribution < -0.4 is 10.9 Å². The van der Waals surface area contributed by atoms with Gasteiger partial charge in [0.25, 0.3) is 15.6 Å². The summed E-state index contributed by atoms with van der Waals surface area (Å²) in [6.07, 6.45) is 3.41. The Hall–Kier alpha value is -3.11. The van der Waals surface area contributed by atoms with Crippen LogP contribution in [0.15, 0.2) is 56.3 Å². The molecule has 2 aliphatic heterocycles. The molecule has 3 N–H and O–H groups in total. The summed E-state index contributed by atoms with van der Waals surface area (Å²) in [5, 5.41) is 24.5. The molecule has 3 heterocycles. The fraction of sp³-hybridized carbons (Fsp3) is 0.300. The molecule has 0 fully saturated rings. The molecule has 2 aromatic rings. The van der Waals surface area contributed by atoms with E-state index < -0.39 is 15.6 Å². The highest BCUT2D eigenvalue weighted by molar-refractivity contribution is 7.94. The molecule has 0 amide bonds. The molecule has 0 spiro atoms. The van der Waals surface area contributed by atoms with Crippen molar-refractivity contribution >= 4 is 26.8 Å². The van der Waals surface area contributed by atoms with Gasteiger partial charge in [-0.1, -0.05) is 26.0 Å². The van der Waals surface area contributed by atoms with E-state index in [0.717, 1.165) is 11.5 Å². The Morgan fingerprint density at radius 3 is 2.73 bits per heavy atom. The predicted octanol–water partition coefficient (Wildman–Crippen LogP) is 1.86. The van der Waals surface area contributed by atoms with Gasteiger partial charge in [-0.05, 0) is 30.5 Å². The van der Waals surface area contributed by atoms with Gasteiger partial charge in [0.05, 0.1) is 17.8 Å². The van der Waals surface area contributed by atoms with Crippen molar-refractivity contribution in [3.05, 3.63) is 63.1 Å². The molecule has 10 heteroatoms. The molecular weight excluding hydrogens is 408 g/mol. The Balaban J connectivity index is 1.92. The van der Waals surface area contributed by atoms with Crippen LogP contribution >= 0.6 is 0 Å². The molecular formula is C20H22N4O5S. The van der Waals surface area contributed by atoms with Gasteiger partial charge in [-0.15, -0.1) is 4.40 Å². The molecule has 4 rings (SSSR count). The van der Waals surface area contributed by atoms with E-state index in [0.29, 0.717) is 23.4 Å². The maximum atomic E-state index is 13.3. The van der Waals surface area contributed by atoms with E-state index in [1.54, 1.807) is 24.3 Å². The standard InChI is InChI=1S/C20H22N4O5S/c1-12(2)7-10-24-15-6-4-3-5-13(15)18(25)17(20(24)26)19-21-14-8-9-23(27)11-16(14)30(28,29)22-19/h3-6,8-9,12,25,27H,7,10-11H2,1-2H3,(H,21,22). The number of hydroxylamine groups is 2. The van der Waals surface area contributed by atoms with Gasteiger partial charge in [-0.3, -0.25) is 15.1 Å². The molecule has 0 radical (unpaired) electrons. The smallest absolute Gasteiger partial charge is 0.284 e. The highest BCUT2D eigenvalue weighted by Gasteiger charge is 2.33. The van der Waals surface area contributed by atoms with E-state index in [1.807, 2.05) is 13.8 Å². The molecule has 9 nitrogen and oxygen atoms in total. The predicted molar refractivity (Wildman–Crippen MR) is 113 cm³/mol. The Kier molecular flexibility index (Phi) is 4.91.